The van der Waals surface area contributed by atoms with Crippen LogP contribution >= 0.6 is 11.8 Å². The van der Waals surface area contributed by atoms with E-state index in [2.05, 4.69) is 20.4 Å². The summed E-state index contributed by atoms with van der Waals surface area (Å²) in [6.07, 6.45) is 1.97. The van der Waals surface area contributed by atoms with Gasteiger partial charge in [-0.3, -0.25) is 9.78 Å². The Morgan fingerprint density at radius 1 is 1.03 bits per heavy atom. The van der Waals surface area contributed by atoms with Gasteiger partial charge in [-0.05, 0) is 42.0 Å². The number of rotatable bonds is 6. The first kappa shape index (κ1) is 21.6. The van der Waals surface area contributed by atoms with Crippen molar-refractivity contribution in [3.05, 3.63) is 96.1 Å². The van der Waals surface area contributed by atoms with Crippen LogP contribution in [0.25, 0.3) is 0 Å². The molecule has 1 N–H and O–H groups in total. The van der Waals surface area contributed by atoms with E-state index < -0.39 is 17.6 Å². The van der Waals surface area contributed by atoms with Crippen molar-refractivity contribution in [1.29, 1.82) is 0 Å². The van der Waals surface area contributed by atoms with Gasteiger partial charge in [-0.2, -0.15) is 18.3 Å². The number of anilines is 1. The van der Waals surface area contributed by atoms with Crippen LogP contribution < -0.4 is 5.32 Å². The number of carbonyl (C=O) groups excluding carboxylic acids is 1. The zero-order valence-corrected chi connectivity index (χ0v) is 17.3. The normalized spacial score (nSPS) is 11.3. The second kappa shape index (κ2) is 9.23. The number of amides is 1. The van der Waals surface area contributed by atoms with E-state index in [9.17, 15) is 18.0 Å². The summed E-state index contributed by atoms with van der Waals surface area (Å²) in [5, 5.41) is 7.32. The van der Waals surface area contributed by atoms with Crippen molar-refractivity contribution in [3.8, 4) is 0 Å². The smallest absolute Gasteiger partial charge is 0.307 e. The molecule has 0 saturated carbocycles. The fourth-order valence-corrected chi connectivity index (χ4v) is 3.85. The van der Waals surface area contributed by atoms with Crippen LogP contribution in [0.2, 0.25) is 0 Å². The third kappa shape index (κ3) is 5.14. The molecule has 4 aromatic rings. The zero-order valence-electron chi connectivity index (χ0n) is 16.5. The van der Waals surface area contributed by atoms with Gasteiger partial charge in [-0.1, -0.05) is 23.9 Å². The molecule has 1 amide bonds. The van der Waals surface area contributed by atoms with Crippen LogP contribution in [-0.4, -0.2) is 25.7 Å². The van der Waals surface area contributed by atoms with E-state index >= 15 is 0 Å². The molecule has 162 valence electrons. The highest BCUT2D eigenvalue weighted by Crippen LogP contribution is 2.34. The molecule has 0 unspecified atom stereocenters. The average molecular weight is 455 g/mol. The van der Waals surface area contributed by atoms with Crippen molar-refractivity contribution in [2.75, 3.05) is 5.32 Å². The van der Waals surface area contributed by atoms with Crippen LogP contribution in [0, 0.1) is 0 Å². The number of pyridine rings is 2. The van der Waals surface area contributed by atoms with Crippen LogP contribution in [-0.2, 0) is 12.7 Å². The van der Waals surface area contributed by atoms with Gasteiger partial charge in [-0.25, -0.2) is 9.67 Å². The molecule has 0 bridgehead atoms. The lowest BCUT2D eigenvalue weighted by atomic mass is 10.2. The number of benzene rings is 1. The fourth-order valence-electron chi connectivity index (χ4n) is 2.91. The lowest BCUT2D eigenvalue weighted by molar-refractivity contribution is -0.137. The van der Waals surface area contributed by atoms with E-state index in [1.54, 1.807) is 47.5 Å². The molecule has 6 nitrogen and oxygen atoms in total. The Kier molecular flexibility index (Phi) is 6.22. The Balaban J connectivity index is 1.54. The zero-order chi connectivity index (χ0) is 22.6. The van der Waals surface area contributed by atoms with Crippen molar-refractivity contribution < 1.29 is 18.0 Å². The second-order valence-corrected chi connectivity index (χ2v) is 7.74. The van der Waals surface area contributed by atoms with Crippen LogP contribution in [0.4, 0.5) is 19.0 Å². The standard InChI is InChI=1S/C22H16F3N5OS/c23-22(24,25)16-5-1-6-17(12-16)32-21-18(7-3-10-27-21)20(31)29-19-8-11-28-30(19)14-15-4-2-9-26-13-15/h1-13H,14H2,(H,29,31). The molecule has 3 aromatic heterocycles. The molecule has 1 aromatic carbocycles. The highest BCUT2D eigenvalue weighted by atomic mass is 32.2. The largest absolute Gasteiger partial charge is 0.416 e. The number of nitrogens with one attached hydrogen (secondary N) is 1. The summed E-state index contributed by atoms with van der Waals surface area (Å²) in [5.74, 6) is 0.0261. The summed E-state index contributed by atoms with van der Waals surface area (Å²) in [5.41, 5.74) is 0.390. The highest BCUT2D eigenvalue weighted by molar-refractivity contribution is 7.99. The average Bonchev–Trinajstić information content (AvgIpc) is 3.21. The maximum absolute atomic E-state index is 13.0. The van der Waals surface area contributed by atoms with E-state index in [1.165, 1.54) is 12.3 Å². The Bertz CT molecular complexity index is 1230. The van der Waals surface area contributed by atoms with Gasteiger partial charge >= 0.3 is 6.18 Å². The topological polar surface area (TPSA) is 72.7 Å². The van der Waals surface area contributed by atoms with Gasteiger partial charge in [0.1, 0.15) is 10.8 Å². The maximum Gasteiger partial charge on any atom is 0.416 e. The number of aromatic nitrogens is 4. The maximum atomic E-state index is 13.0. The molecule has 3 heterocycles. The molecular weight excluding hydrogens is 439 g/mol. The molecular formula is C22H16F3N5OS. The summed E-state index contributed by atoms with van der Waals surface area (Å²) < 4.78 is 40.7. The molecule has 32 heavy (non-hydrogen) atoms. The third-order valence-corrected chi connectivity index (χ3v) is 5.41. The number of nitrogens with zero attached hydrogens (tertiary/aromatic N) is 4. The molecule has 4 rings (SSSR count). The first-order valence-corrected chi connectivity index (χ1v) is 10.2. The van der Waals surface area contributed by atoms with E-state index in [0.717, 1.165) is 29.5 Å². The number of halogens is 3. The summed E-state index contributed by atoms with van der Waals surface area (Å²) >= 11 is 0.990. The minimum Gasteiger partial charge on any atom is -0.307 e. The summed E-state index contributed by atoms with van der Waals surface area (Å²) in [4.78, 5) is 21.5. The molecule has 0 aliphatic heterocycles. The fraction of sp³-hybridized carbons (Fsp3) is 0.0909. The summed E-state index contributed by atoms with van der Waals surface area (Å²) in [6, 6.07) is 13.4. The van der Waals surface area contributed by atoms with Crippen LogP contribution in [0.5, 0.6) is 0 Å². The number of carbonyl (C=O) groups is 1. The van der Waals surface area contributed by atoms with Crippen LogP contribution in [0.1, 0.15) is 21.5 Å². The first-order chi connectivity index (χ1) is 15.4. The van der Waals surface area contributed by atoms with Crippen molar-refractivity contribution in [2.45, 2.75) is 22.6 Å². The first-order valence-electron chi connectivity index (χ1n) is 9.42. The number of hydrogen-bond acceptors (Lipinski definition) is 5. The Labute approximate surface area is 185 Å². The molecule has 0 aliphatic rings. The predicted molar refractivity (Wildman–Crippen MR) is 113 cm³/mol. The Hall–Kier alpha value is -3.66. The lowest BCUT2D eigenvalue weighted by Crippen LogP contribution is -2.17. The molecule has 0 saturated heterocycles. The molecule has 10 heteroatoms. The van der Waals surface area contributed by atoms with Gasteiger partial charge in [-0.15, -0.1) is 0 Å². The molecule has 0 aliphatic carbocycles. The van der Waals surface area contributed by atoms with E-state index in [0.29, 0.717) is 22.3 Å². The van der Waals surface area contributed by atoms with E-state index in [-0.39, 0.29) is 5.56 Å². The van der Waals surface area contributed by atoms with Gasteiger partial charge in [0, 0.05) is 29.6 Å². The van der Waals surface area contributed by atoms with E-state index in [1.807, 2.05) is 12.1 Å². The van der Waals surface area contributed by atoms with Gasteiger partial charge in [0.15, 0.2) is 0 Å². The van der Waals surface area contributed by atoms with Crippen LogP contribution in [0.3, 0.4) is 0 Å². The third-order valence-electron chi connectivity index (χ3n) is 4.40. The van der Waals surface area contributed by atoms with Gasteiger partial charge in [0.25, 0.3) is 5.91 Å². The highest BCUT2D eigenvalue weighted by Gasteiger charge is 2.30. The van der Waals surface area contributed by atoms with Crippen molar-refractivity contribution in [2.24, 2.45) is 0 Å². The molecule has 0 fully saturated rings. The minimum atomic E-state index is -4.45. The van der Waals surface area contributed by atoms with Crippen molar-refractivity contribution >= 4 is 23.5 Å². The van der Waals surface area contributed by atoms with E-state index in [4.69, 9.17) is 0 Å². The lowest BCUT2D eigenvalue weighted by Gasteiger charge is -2.12. The Morgan fingerprint density at radius 2 is 1.88 bits per heavy atom. The Morgan fingerprint density at radius 3 is 2.66 bits per heavy atom. The van der Waals surface area contributed by atoms with Crippen LogP contribution in [0.15, 0.2) is 89.3 Å². The monoisotopic (exact) mass is 455 g/mol. The summed E-state index contributed by atoms with van der Waals surface area (Å²) in [6.45, 7) is 0.412. The summed E-state index contributed by atoms with van der Waals surface area (Å²) in [7, 11) is 0. The molecule has 0 radical (unpaired) electrons. The van der Waals surface area contributed by atoms with Gasteiger partial charge in [0.2, 0.25) is 0 Å². The SMILES string of the molecule is O=C(Nc1ccnn1Cc1cccnc1)c1cccnc1Sc1cccc(C(F)(F)F)c1. The molecule has 0 atom stereocenters. The number of hydrogen-bond donors (Lipinski definition) is 1. The quantitative estimate of drug-likeness (QED) is 0.436. The predicted octanol–water partition coefficient (Wildman–Crippen LogP) is 5.14. The van der Waals surface area contributed by atoms with Gasteiger partial charge in [0.05, 0.1) is 23.9 Å². The molecule has 0 spiro atoms. The minimum absolute atomic E-state index is 0.240. The number of alkyl halides is 3. The second-order valence-electron chi connectivity index (χ2n) is 6.67. The van der Waals surface area contributed by atoms with Crippen molar-refractivity contribution in [1.82, 2.24) is 19.7 Å². The van der Waals surface area contributed by atoms with Gasteiger partial charge < -0.3 is 5.32 Å². The van der Waals surface area contributed by atoms with Crippen molar-refractivity contribution in [3.63, 3.8) is 0 Å².